The Hall–Kier alpha value is -3.87. The molecule has 0 radical (unpaired) electrons. The maximum atomic E-state index is 13.4. The number of aliphatic hydroxyl groups excluding tert-OH is 1. The molecule has 0 saturated heterocycles. The number of benzene rings is 1. The lowest BCUT2D eigenvalue weighted by Gasteiger charge is -2.26. The summed E-state index contributed by atoms with van der Waals surface area (Å²) in [6, 6.07) is 4.00. The van der Waals surface area contributed by atoms with Crippen molar-refractivity contribution in [2.45, 2.75) is 76.5 Å². The van der Waals surface area contributed by atoms with Crippen LogP contribution in [0, 0.1) is 5.92 Å². The van der Waals surface area contributed by atoms with E-state index in [2.05, 4.69) is 20.1 Å². The largest absolute Gasteiger partial charge is 0.573 e. The second-order valence-electron chi connectivity index (χ2n) is 10.9. The van der Waals surface area contributed by atoms with Crippen LogP contribution in [0.1, 0.15) is 71.7 Å². The van der Waals surface area contributed by atoms with Gasteiger partial charge in [-0.05, 0) is 75.1 Å². The van der Waals surface area contributed by atoms with E-state index < -0.39 is 30.0 Å². The zero-order valence-electron chi connectivity index (χ0n) is 21.7. The molecule has 10 nitrogen and oxygen atoms in total. The number of nitrogens with two attached hydrogens (primary N) is 1. The lowest BCUT2D eigenvalue weighted by molar-refractivity contribution is -0.274. The van der Waals surface area contributed by atoms with Gasteiger partial charge in [-0.25, -0.2) is 9.50 Å². The van der Waals surface area contributed by atoms with Crippen LogP contribution in [0.4, 0.5) is 19.0 Å². The van der Waals surface area contributed by atoms with Crippen molar-refractivity contribution >= 4 is 23.3 Å². The molecular weight excluding hydrogens is 529 g/mol. The van der Waals surface area contributed by atoms with Crippen molar-refractivity contribution in [1.82, 2.24) is 24.8 Å². The Bertz CT molecular complexity index is 1500. The van der Waals surface area contributed by atoms with Crippen LogP contribution in [0.3, 0.4) is 0 Å². The van der Waals surface area contributed by atoms with Crippen LogP contribution in [0.2, 0.25) is 0 Å². The van der Waals surface area contributed by atoms with E-state index in [4.69, 9.17) is 5.73 Å². The van der Waals surface area contributed by atoms with Crippen LogP contribution in [0.5, 0.6) is 5.75 Å². The molecule has 2 amide bonds. The quantitative estimate of drug-likeness (QED) is 0.420. The Kier molecular flexibility index (Phi) is 6.36. The fraction of sp³-hybridized carbons (Fsp3) is 0.481. The molecule has 1 aliphatic heterocycles. The van der Waals surface area contributed by atoms with Crippen molar-refractivity contribution in [1.29, 1.82) is 0 Å². The average molecular weight is 559 g/mol. The molecular formula is C27H29F3N6O4. The van der Waals surface area contributed by atoms with Gasteiger partial charge in [-0.15, -0.1) is 18.3 Å². The van der Waals surface area contributed by atoms with E-state index in [9.17, 15) is 27.9 Å². The van der Waals surface area contributed by atoms with Crippen LogP contribution in [-0.4, -0.2) is 61.0 Å². The molecule has 6 rings (SSSR count). The number of rotatable bonds is 6. The first kappa shape index (κ1) is 26.4. The summed E-state index contributed by atoms with van der Waals surface area (Å²) < 4.78 is 45.8. The predicted octanol–water partition coefficient (Wildman–Crippen LogP) is 3.66. The SMILES string of the molecule is C[C@@H](C1CC1)N1Cc2cc(-c3ccn4nc(N)c(C(=O)N[C@H]5CCC[C@@H](O)C5)c4n3)cc(OC(F)(F)F)c2C1=O. The minimum absolute atomic E-state index is 0.0365. The topological polar surface area (TPSA) is 135 Å². The molecule has 212 valence electrons. The third kappa shape index (κ3) is 4.93. The van der Waals surface area contributed by atoms with Gasteiger partial charge in [0.05, 0.1) is 17.4 Å². The number of aliphatic hydroxyl groups is 1. The van der Waals surface area contributed by atoms with Crippen molar-refractivity contribution in [3.63, 3.8) is 0 Å². The molecule has 4 N–H and O–H groups in total. The monoisotopic (exact) mass is 558 g/mol. The number of hydrogen-bond donors (Lipinski definition) is 3. The van der Waals surface area contributed by atoms with Crippen molar-refractivity contribution in [2.24, 2.45) is 5.92 Å². The van der Waals surface area contributed by atoms with Crippen molar-refractivity contribution < 1.29 is 32.6 Å². The first-order valence-corrected chi connectivity index (χ1v) is 13.4. The van der Waals surface area contributed by atoms with Crippen molar-refractivity contribution in [2.75, 3.05) is 5.73 Å². The molecule has 1 aromatic carbocycles. The lowest BCUT2D eigenvalue weighted by atomic mass is 9.93. The molecule has 0 unspecified atom stereocenters. The summed E-state index contributed by atoms with van der Waals surface area (Å²) in [7, 11) is 0. The minimum Gasteiger partial charge on any atom is -0.405 e. The third-order valence-corrected chi connectivity index (χ3v) is 8.04. The van der Waals surface area contributed by atoms with E-state index in [0.29, 0.717) is 30.7 Å². The smallest absolute Gasteiger partial charge is 0.405 e. The Morgan fingerprint density at radius 1 is 1.25 bits per heavy atom. The number of carbonyl (C=O) groups excluding carboxylic acids is 2. The zero-order valence-corrected chi connectivity index (χ0v) is 21.7. The molecule has 2 saturated carbocycles. The average Bonchev–Trinajstić information content (AvgIpc) is 3.59. The highest BCUT2D eigenvalue weighted by atomic mass is 19.4. The number of nitrogens with zero attached hydrogens (tertiary/aromatic N) is 4. The lowest BCUT2D eigenvalue weighted by Crippen LogP contribution is -2.40. The molecule has 40 heavy (non-hydrogen) atoms. The molecule has 3 atom stereocenters. The van der Waals surface area contributed by atoms with Gasteiger partial charge in [0.25, 0.3) is 11.8 Å². The number of ether oxygens (including phenoxy) is 1. The van der Waals surface area contributed by atoms with Crippen LogP contribution in [-0.2, 0) is 6.54 Å². The van der Waals surface area contributed by atoms with Crippen LogP contribution in [0.15, 0.2) is 24.4 Å². The van der Waals surface area contributed by atoms with E-state index in [1.54, 1.807) is 17.0 Å². The second-order valence-corrected chi connectivity index (χ2v) is 10.9. The fourth-order valence-corrected chi connectivity index (χ4v) is 5.83. The van der Waals surface area contributed by atoms with Gasteiger partial charge in [0.1, 0.15) is 11.3 Å². The summed E-state index contributed by atoms with van der Waals surface area (Å²) in [5.74, 6) is -1.29. The van der Waals surface area contributed by atoms with E-state index in [1.807, 2.05) is 6.92 Å². The molecule has 2 fully saturated rings. The van der Waals surface area contributed by atoms with E-state index in [0.717, 1.165) is 25.3 Å². The van der Waals surface area contributed by atoms with Gasteiger partial charge in [0, 0.05) is 30.4 Å². The molecule has 2 aliphatic carbocycles. The first-order valence-electron chi connectivity index (χ1n) is 13.4. The summed E-state index contributed by atoms with van der Waals surface area (Å²) in [5, 5.41) is 17.0. The summed E-state index contributed by atoms with van der Waals surface area (Å²) in [6.45, 7) is 2.07. The number of nitrogen functional groups attached to an aromatic ring is 1. The van der Waals surface area contributed by atoms with Gasteiger partial charge < -0.3 is 25.8 Å². The number of fused-ring (bicyclic) bond motifs is 2. The standard InChI is InChI=1S/C27H29F3N6O4/c1-13(14-5-6-14)35-12-16-9-15(10-20(21(16)26(35)39)40-27(28,29)30)19-7-8-36-24(33-19)22(23(31)34-36)25(38)32-17-3-2-4-18(37)11-17/h7-10,13-14,17-18,37H,2-6,11-12H2,1H3,(H2,31,34)(H,32,38)/t13-,17-,18+/m0/s1. The summed E-state index contributed by atoms with van der Waals surface area (Å²) >= 11 is 0. The number of amides is 2. The van der Waals surface area contributed by atoms with Gasteiger partial charge in [0.2, 0.25) is 0 Å². The number of anilines is 1. The molecule has 3 heterocycles. The Balaban J connectivity index is 1.37. The second kappa shape index (κ2) is 9.65. The van der Waals surface area contributed by atoms with Gasteiger partial charge in [-0.3, -0.25) is 9.59 Å². The minimum atomic E-state index is -5.00. The highest BCUT2D eigenvalue weighted by Gasteiger charge is 2.42. The highest BCUT2D eigenvalue weighted by molar-refractivity contribution is 6.05. The molecule has 2 aromatic heterocycles. The van der Waals surface area contributed by atoms with Gasteiger partial charge in [0.15, 0.2) is 11.5 Å². The van der Waals surface area contributed by atoms with E-state index in [-0.39, 0.29) is 52.5 Å². The van der Waals surface area contributed by atoms with Crippen LogP contribution in [0.25, 0.3) is 16.9 Å². The van der Waals surface area contributed by atoms with Crippen molar-refractivity contribution in [3.05, 3.63) is 41.1 Å². The Morgan fingerprint density at radius 3 is 2.73 bits per heavy atom. The molecule has 0 bridgehead atoms. The van der Waals surface area contributed by atoms with Gasteiger partial charge >= 0.3 is 6.36 Å². The number of alkyl halides is 3. The number of hydrogen-bond acceptors (Lipinski definition) is 7. The molecule has 3 aromatic rings. The molecule has 13 heteroatoms. The van der Waals surface area contributed by atoms with Crippen LogP contribution >= 0.6 is 0 Å². The normalized spacial score (nSPS) is 21.9. The maximum absolute atomic E-state index is 13.4. The van der Waals surface area contributed by atoms with E-state index >= 15 is 0 Å². The van der Waals surface area contributed by atoms with Crippen molar-refractivity contribution in [3.8, 4) is 17.0 Å². The maximum Gasteiger partial charge on any atom is 0.573 e. The summed E-state index contributed by atoms with van der Waals surface area (Å²) in [5.41, 5.74) is 7.08. The highest BCUT2D eigenvalue weighted by Crippen LogP contribution is 2.42. The third-order valence-electron chi connectivity index (χ3n) is 8.04. The van der Waals surface area contributed by atoms with Gasteiger partial charge in [-0.2, -0.15) is 0 Å². The molecule has 0 spiro atoms. The van der Waals surface area contributed by atoms with E-state index in [1.165, 1.54) is 10.7 Å². The Morgan fingerprint density at radius 2 is 2.02 bits per heavy atom. The predicted molar refractivity (Wildman–Crippen MR) is 137 cm³/mol. The fourth-order valence-electron chi connectivity index (χ4n) is 5.83. The summed E-state index contributed by atoms with van der Waals surface area (Å²) in [4.78, 5) is 32.5. The summed E-state index contributed by atoms with van der Waals surface area (Å²) in [6.07, 6.45) is 0.577. The van der Waals surface area contributed by atoms with Crippen LogP contribution < -0.4 is 15.8 Å². The number of aromatic nitrogens is 3. The number of halogens is 3. The zero-order chi connectivity index (χ0) is 28.3. The van der Waals surface area contributed by atoms with Gasteiger partial charge in [-0.1, -0.05) is 0 Å². The number of nitrogens with one attached hydrogen (secondary N) is 1. The number of carbonyl (C=O) groups is 2. The molecule has 3 aliphatic rings. The first-order chi connectivity index (χ1) is 19.0. The Labute approximate surface area is 227 Å².